The number of hydrogen-bond acceptors (Lipinski definition) is 3. The third-order valence-corrected chi connectivity index (χ3v) is 8.39. The van der Waals surface area contributed by atoms with E-state index in [9.17, 15) is 0 Å². The van der Waals surface area contributed by atoms with Gasteiger partial charge in [-0.3, -0.25) is 9.97 Å². The van der Waals surface area contributed by atoms with Crippen LogP contribution < -0.4 is 0 Å². The van der Waals surface area contributed by atoms with Crippen molar-refractivity contribution in [1.82, 2.24) is 24.1 Å². The molecule has 0 aliphatic carbocycles. The Morgan fingerprint density at radius 1 is 0.409 bits per heavy atom. The van der Waals surface area contributed by atoms with Crippen LogP contribution in [-0.4, -0.2) is 24.1 Å². The summed E-state index contributed by atoms with van der Waals surface area (Å²) in [6, 6.07) is 48.7. The fourth-order valence-corrected chi connectivity index (χ4v) is 6.54. The van der Waals surface area contributed by atoms with E-state index in [1.807, 2.05) is 48.8 Å². The summed E-state index contributed by atoms with van der Waals surface area (Å²) >= 11 is 0. The van der Waals surface area contributed by atoms with Gasteiger partial charge in [0, 0.05) is 28.9 Å². The molecule has 5 nitrogen and oxygen atoms in total. The van der Waals surface area contributed by atoms with Crippen LogP contribution in [0.4, 0.5) is 0 Å². The molecule has 0 N–H and O–H groups in total. The molecule has 5 heteroatoms. The first-order valence-corrected chi connectivity index (χ1v) is 14.7. The molecule has 0 unspecified atom stereocenters. The zero-order valence-corrected chi connectivity index (χ0v) is 23.7. The Labute approximate surface area is 253 Å². The highest BCUT2D eigenvalue weighted by Crippen LogP contribution is 2.43. The average molecular weight is 564 g/mol. The average Bonchev–Trinajstić information content (AvgIpc) is 3.62. The van der Waals surface area contributed by atoms with E-state index in [4.69, 9.17) is 4.98 Å². The van der Waals surface area contributed by atoms with Crippen molar-refractivity contribution < 1.29 is 0 Å². The van der Waals surface area contributed by atoms with E-state index in [1.165, 1.54) is 27.1 Å². The fraction of sp³-hybridized carbons (Fsp3) is 0. The van der Waals surface area contributed by atoms with Gasteiger partial charge in [-0.05, 0) is 71.4 Å². The summed E-state index contributed by atoms with van der Waals surface area (Å²) in [5.74, 6) is 0. The van der Waals surface area contributed by atoms with Gasteiger partial charge in [-0.25, -0.2) is 4.98 Å². The third-order valence-electron chi connectivity index (χ3n) is 8.39. The van der Waals surface area contributed by atoms with Crippen molar-refractivity contribution in [1.29, 1.82) is 0 Å². The normalized spacial score (nSPS) is 11.6. The van der Waals surface area contributed by atoms with Gasteiger partial charge in [-0.1, -0.05) is 78.9 Å². The van der Waals surface area contributed by atoms with Crippen molar-refractivity contribution in [2.24, 2.45) is 0 Å². The molecule has 0 spiro atoms. The molecule has 0 aliphatic rings. The van der Waals surface area contributed by atoms with Crippen LogP contribution >= 0.6 is 0 Å². The largest absolute Gasteiger partial charge is 0.307 e. The monoisotopic (exact) mass is 563 g/mol. The summed E-state index contributed by atoms with van der Waals surface area (Å²) in [6.45, 7) is 0. The lowest BCUT2D eigenvalue weighted by molar-refractivity contribution is 1.14. The van der Waals surface area contributed by atoms with Gasteiger partial charge >= 0.3 is 0 Å². The van der Waals surface area contributed by atoms with Crippen molar-refractivity contribution in [2.45, 2.75) is 0 Å². The lowest BCUT2D eigenvalue weighted by Crippen LogP contribution is -1.99. The van der Waals surface area contributed by atoms with E-state index in [0.717, 1.165) is 50.7 Å². The molecule has 0 radical (unpaired) electrons. The second-order valence-corrected chi connectivity index (χ2v) is 10.9. The van der Waals surface area contributed by atoms with E-state index in [-0.39, 0.29) is 0 Å². The van der Waals surface area contributed by atoms with Crippen molar-refractivity contribution in [3.05, 3.63) is 152 Å². The number of nitrogens with zero attached hydrogens (tertiary/aromatic N) is 5. The summed E-state index contributed by atoms with van der Waals surface area (Å²) in [5.41, 5.74) is 9.99. The second-order valence-electron chi connectivity index (χ2n) is 10.9. The minimum atomic E-state index is 0.798. The Morgan fingerprint density at radius 2 is 1.02 bits per heavy atom. The van der Waals surface area contributed by atoms with Crippen molar-refractivity contribution >= 4 is 43.6 Å². The van der Waals surface area contributed by atoms with Gasteiger partial charge in [0.2, 0.25) is 0 Å². The molecule has 9 rings (SSSR count). The van der Waals surface area contributed by atoms with Gasteiger partial charge in [0.1, 0.15) is 0 Å². The van der Waals surface area contributed by atoms with Gasteiger partial charge in [0.05, 0.1) is 50.5 Å². The smallest absolute Gasteiger partial charge is 0.0915 e. The maximum Gasteiger partial charge on any atom is 0.0915 e. The van der Waals surface area contributed by atoms with Crippen LogP contribution in [0.25, 0.3) is 77.8 Å². The summed E-state index contributed by atoms with van der Waals surface area (Å²) < 4.78 is 4.82. The quantitative estimate of drug-likeness (QED) is 0.214. The van der Waals surface area contributed by atoms with E-state index in [0.29, 0.717) is 0 Å². The number of aromatic nitrogens is 5. The van der Waals surface area contributed by atoms with Crippen LogP contribution in [0.2, 0.25) is 0 Å². The summed E-state index contributed by atoms with van der Waals surface area (Å²) in [6.07, 6.45) is 3.63. The fourth-order valence-electron chi connectivity index (χ4n) is 6.54. The first kappa shape index (κ1) is 24.5. The van der Waals surface area contributed by atoms with Crippen LogP contribution in [0.5, 0.6) is 0 Å². The third kappa shape index (κ3) is 3.69. The van der Waals surface area contributed by atoms with E-state index in [2.05, 4.69) is 122 Å². The molecule has 5 aromatic heterocycles. The number of fused-ring (bicyclic) bond motifs is 7. The maximum absolute atomic E-state index is 5.07. The van der Waals surface area contributed by atoms with Crippen LogP contribution in [-0.2, 0) is 0 Å². The molecule has 9 aromatic rings. The van der Waals surface area contributed by atoms with Gasteiger partial charge in [-0.15, -0.1) is 0 Å². The Kier molecular flexibility index (Phi) is 5.43. The molecule has 0 saturated carbocycles. The highest BCUT2D eigenvalue weighted by atomic mass is 15.1. The topological polar surface area (TPSA) is 48.5 Å². The molecule has 0 saturated heterocycles. The highest BCUT2D eigenvalue weighted by molar-refractivity contribution is 6.26. The molecule has 0 fully saturated rings. The van der Waals surface area contributed by atoms with Crippen LogP contribution in [0.15, 0.2) is 152 Å². The Morgan fingerprint density at radius 3 is 1.73 bits per heavy atom. The highest BCUT2D eigenvalue weighted by Gasteiger charge is 2.24. The minimum Gasteiger partial charge on any atom is -0.307 e. The van der Waals surface area contributed by atoms with Gasteiger partial charge in [0.25, 0.3) is 0 Å². The van der Waals surface area contributed by atoms with Crippen molar-refractivity contribution in [3.8, 4) is 34.2 Å². The van der Waals surface area contributed by atoms with Crippen molar-refractivity contribution in [3.63, 3.8) is 0 Å². The van der Waals surface area contributed by atoms with Crippen LogP contribution in [0, 0.1) is 0 Å². The van der Waals surface area contributed by atoms with E-state index >= 15 is 0 Å². The predicted octanol–water partition coefficient (Wildman–Crippen LogP) is 9.40. The Hall–Kier alpha value is -6.07. The standard InChI is InChI=1S/C39H25N5/c1-2-13-27(14-3-1)43-35-19-7-6-16-30(35)38-39(43)37-29-15-5-4-12-26(29)20-21-36(37)44(38)28-24-33(31-17-8-10-22-40-31)42-34(25-28)32-18-9-11-23-41-32/h1-25H. The summed E-state index contributed by atoms with van der Waals surface area (Å²) in [5, 5.41) is 4.83. The molecule has 0 amide bonds. The zero-order chi connectivity index (χ0) is 29.0. The Balaban J connectivity index is 1.49. The van der Waals surface area contributed by atoms with Crippen molar-refractivity contribution in [2.75, 3.05) is 0 Å². The van der Waals surface area contributed by atoms with Crippen LogP contribution in [0.1, 0.15) is 0 Å². The maximum atomic E-state index is 5.07. The lowest BCUT2D eigenvalue weighted by atomic mass is 10.1. The first-order chi connectivity index (χ1) is 21.8. The molecule has 0 aliphatic heterocycles. The summed E-state index contributed by atoms with van der Waals surface area (Å²) in [4.78, 5) is 14.4. The molecule has 4 aromatic carbocycles. The van der Waals surface area contributed by atoms with Gasteiger partial charge in [0.15, 0.2) is 0 Å². The van der Waals surface area contributed by atoms with E-state index < -0.39 is 0 Å². The molecular formula is C39H25N5. The Bertz CT molecular complexity index is 2420. The zero-order valence-electron chi connectivity index (χ0n) is 23.7. The molecule has 5 heterocycles. The first-order valence-electron chi connectivity index (χ1n) is 14.7. The second kappa shape index (κ2) is 9.75. The number of pyridine rings is 3. The molecule has 206 valence electrons. The predicted molar refractivity (Wildman–Crippen MR) is 179 cm³/mol. The van der Waals surface area contributed by atoms with Crippen LogP contribution in [0.3, 0.4) is 0 Å². The van der Waals surface area contributed by atoms with Gasteiger partial charge in [-0.2, -0.15) is 0 Å². The molecule has 0 bridgehead atoms. The lowest BCUT2D eigenvalue weighted by Gasteiger charge is -2.13. The molecular weight excluding hydrogens is 538 g/mol. The van der Waals surface area contributed by atoms with Gasteiger partial charge < -0.3 is 9.13 Å². The van der Waals surface area contributed by atoms with E-state index in [1.54, 1.807) is 0 Å². The SMILES string of the molecule is c1ccc(-n2c3ccccc3c3c2c2c4ccccc4ccc2n3-c2cc(-c3ccccn3)nc(-c3ccccn3)c2)cc1. The molecule has 44 heavy (non-hydrogen) atoms. The summed E-state index contributed by atoms with van der Waals surface area (Å²) in [7, 11) is 0. The number of hydrogen-bond donors (Lipinski definition) is 0. The molecule has 0 atom stereocenters. The minimum absolute atomic E-state index is 0.798. The number of rotatable bonds is 4. The number of benzene rings is 4. The number of para-hydroxylation sites is 2.